The molecule has 0 radical (unpaired) electrons. The second-order valence-corrected chi connectivity index (χ2v) is 8.61. The zero-order valence-corrected chi connectivity index (χ0v) is 13.2. The number of sulfone groups is 1. The van der Waals surface area contributed by atoms with Crippen LogP contribution in [0.5, 0.6) is 11.5 Å². The van der Waals surface area contributed by atoms with E-state index < -0.39 is 15.1 Å². The smallest absolute Gasteiger partial charge is 0.182 e. The molecule has 0 amide bonds. The Hall–Kier alpha value is -1.27. The van der Waals surface area contributed by atoms with Crippen LogP contribution in [0.2, 0.25) is 0 Å². The molecule has 0 aromatic heterocycles. The van der Waals surface area contributed by atoms with Gasteiger partial charge in [0, 0.05) is 12.1 Å². The summed E-state index contributed by atoms with van der Waals surface area (Å²) in [6, 6.07) is 4.45. The molecule has 6 heteroatoms. The van der Waals surface area contributed by atoms with Gasteiger partial charge in [0.25, 0.3) is 0 Å². The topological polar surface area (TPSA) is 78.6 Å². The first kappa shape index (κ1) is 14.7. The zero-order valence-electron chi connectivity index (χ0n) is 12.3. The lowest BCUT2D eigenvalue weighted by atomic mass is 9.88. The standard InChI is InChI=1S/C15H21NO4S/c1-15(2)6-5-13(14(15)16)21(17,18)10-3-4-11-12(9-10)20-8-7-19-11/h3-4,9,13-14H,5-8,16H2,1-2H3. The third-order valence-electron chi connectivity index (χ3n) is 4.62. The van der Waals surface area contributed by atoms with Crippen molar-refractivity contribution in [2.24, 2.45) is 11.1 Å². The SMILES string of the molecule is CC1(C)CCC(S(=O)(=O)c2ccc3c(c2)OCCO3)C1N. The van der Waals surface area contributed by atoms with Gasteiger partial charge in [0.05, 0.1) is 10.1 Å². The van der Waals surface area contributed by atoms with E-state index in [0.29, 0.717) is 31.1 Å². The summed E-state index contributed by atoms with van der Waals surface area (Å²) in [5, 5.41) is -0.532. The van der Waals surface area contributed by atoms with Crippen molar-refractivity contribution in [3.63, 3.8) is 0 Å². The van der Waals surface area contributed by atoms with Crippen molar-refractivity contribution < 1.29 is 17.9 Å². The number of hydrogen-bond acceptors (Lipinski definition) is 5. The Morgan fingerprint density at radius 2 is 1.86 bits per heavy atom. The maximum absolute atomic E-state index is 12.8. The van der Waals surface area contributed by atoms with Crippen molar-refractivity contribution in [3.05, 3.63) is 18.2 Å². The van der Waals surface area contributed by atoms with Crippen LogP contribution >= 0.6 is 0 Å². The summed E-state index contributed by atoms with van der Waals surface area (Å²) in [6.07, 6.45) is 1.42. The Bertz CT molecular complexity index is 654. The van der Waals surface area contributed by atoms with Crippen molar-refractivity contribution >= 4 is 9.84 Å². The van der Waals surface area contributed by atoms with Gasteiger partial charge in [-0.3, -0.25) is 0 Å². The first-order valence-corrected chi connectivity index (χ1v) is 8.76. The molecular weight excluding hydrogens is 290 g/mol. The first-order chi connectivity index (χ1) is 9.82. The molecule has 0 saturated heterocycles. The van der Waals surface area contributed by atoms with Crippen molar-refractivity contribution in [2.45, 2.75) is 42.9 Å². The highest BCUT2D eigenvalue weighted by Crippen LogP contribution is 2.42. The summed E-state index contributed by atoms with van der Waals surface area (Å²) >= 11 is 0. The maximum Gasteiger partial charge on any atom is 0.182 e. The predicted molar refractivity (Wildman–Crippen MR) is 79.4 cm³/mol. The van der Waals surface area contributed by atoms with Gasteiger partial charge in [0.1, 0.15) is 13.2 Å². The van der Waals surface area contributed by atoms with E-state index in [1.54, 1.807) is 18.2 Å². The largest absolute Gasteiger partial charge is 0.486 e. The van der Waals surface area contributed by atoms with Crippen LogP contribution in [0, 0.1) is 5.41 Å². The number of rotatable bonds is 2. The van der Waals surface area contributed by atoms with Crippen LogP contribution in [0.15, 0.2) is 23.1 Å². The highest BCUT2D eigenvalue weighted by Gasteiger charge is 2.46. The van der Waals surface area contributed by atoms with Gasteiger partial charge in [-0.15, -0.1) is 0 Å². The van der Waals surface area contributed by atoms with Crippen molar-refractivity contribution in [1.29, 1.82) is 0 Å². The molecule has 2 aliphatic rings. The molecule has 0 bridgehead atoms. The average Bonchev–Trinajstić information content (AvgIpc) is 2.73. The lowest BCUT2D eigenvalue weighted by molar-refractivity contribution is 0.171. The van der Waals surface area contributed by atoms with Crippen LogP contribution in [-0.2, 0) is 9.84 Å². The van der Waals surface area contributed by atoms with E-state index in [-0.39, 0.29) is 16.4 Å². The Kier molecular flexibility index (Phi) is 3.41. The van der Waals surface area contributed by atoms with Crippen molar-refractivity contribution in [1.82, 2.24) is 0 Å². The summed E-state index contributed by atoms with van der Waals surface area (Å²) in [7, 11) is -3.45. The van der Waals surface area contributed by atoms with Crippen LogP contribution in [-0.4, -0.2) is 32.9 Å². The fourth-order valence-electron chi connectivity index (χ4n) is 3.09. The van der Waals surface area contributed by atoms with Gasteiger partial charge in [0.2, 0.25) is 0 Å². The van der Waals surface area contributed by atoms with E-state index in [4.69, 9.17) is 15.2 Å². The lowest BCUT2D eigenvalue weighted by Crippen LogP contribution is -2.43. The Labute approximate surface area is 125 Å². The van der Waals surface area contributed by atoms with Crippen LogP contribution < -0.4 is 15.2 Å². The van der Waals surface area contributed by atoms with Crippen LogP contribution in [0.4, 0.5) is 0 Å². The maximum atomic E-state index is 12.8. The number of ether oxygens (including phenoxy) is 2. The van der Waals surface area contributed by atoms with E-state index in [1.165, 1.54) is 0 Å². The molecule has 1 aromatic rings. The molecule has 2 N–H and O–H groups in total. The molecule has 1 saturated carbocycles. The molecule has 1 fully saturated rings. The van der Waals surface area contributed by atoms with Crippen LogP contribution in [0.25, 0.3) is 0 Å². The number of hydrogen-bond donors (Lipinski definition) is 1. The second kappa shape index (κ2) is 4.88. The van der Waals surface area contributed by atoms with E-state index >= 15 is 0 Å². The first-order valence-electron chi connectivity index (χ1n) is 7.21. The minimum absolute atomic E-state index is 0.147. The van der Waals surface area contributed by atoms with Crippen molar-refractivity contribution in [2.75, 3.05) is 13.2 Å². The molecule has 0 spiro atoms. The van der Waals surface area contributed by atoms with E-state index in [9.17, 15) is 8.42 Å². The van der Waals surface area contributed by atoms with Crippen molar-refractivity contribution in [3.8, 4) is 11.5 Å². The Morgan fingerprint density at radius 1 is 1.19 bits per heavy atom. The molecule has 116 valence electrons. The summed E-state index contributed by atoms with van der Waals surface area (Å²) in [4.78, 5) is 0.268. The van der Waals surface area contributed by atoms with Gasteiger partial charge in [0.15, 0.2) is 21.3 Å². The summed E-state index contributed by atoms with van der Waals surface area (Å²) in [6.45, 7) is 4.97. The number of nitrogens with two attached hydrogens (primary N) is 1. The highest BCUT2D eigenvalue weighted by atomic mass is 32.2. The Morgan fingerprint density at radius 3 is 2.48 bits per heavy atom. The van der Waals surface area contributed by atoms with Gasteiger partial charge in [-0.1, -0.05) is 13.8 Å². The van der Waals surface area contributed by atoms with Gasteiger partial charge in [-0.05, 0) is 30.4 Å². The molecule has 3 rings (SSSR count). The average molecular weight is 311 g/mol. The quantitative estimate of drug-likeness (QED) is 0.900. The van der Waals surface area contributed by atoms with Crippen LogP contribution in [0.3, 0.4) is 0 Å². The molecule has 5 nitrogen and oxygen atoms in total. The summed E-state index contributed by atoms with van der Waals surface area (Å²) in [5.74, 6) is 1.09. The van der Waals surface area contributed by atoms with Gasteiger partial charge < -0.3 is 15.2 Å². The van der Waals surface area contributed by atoms with E-state index in [2.05, 4.69) is 0 Å². The second-order valence-electron chi connectivity index (χ2n) is 6.44. The van der Waals surface area contributed by atoms with Gasteiger partial charge in [-0.25, -0.2) is 8.42 Å². The molecular formula is C15H21NO4S. The van der Waals surface area contributed by atoms with E-state index in [0.717, 1.165) is 6.42 Å². The predicted octanol–water partition coefficient (Wildman–Crippen LogP) is 1.75. The zero-order chi connectivity index (χ0) is 15.3. The summed E-state index contributed by atoms with van der Waals surface area (Å²) in [5.41, 5.74) is 6.04. The van der Waals surface area contributed by atoms with Gasteiger partial charge in [-0.2, -0.15) is 0 Å². The van der Waals surface area contributed by atoms with Gasteiger partial charge >= 0.3 is 0 Å². The Balaban J connectivity index is 1.96. The fourth-order valence-corrected chi connectivity index (χ4v) is 5.15. The minimum Gasteiger partial charge on any atom is -0.486 e. The summed E-state index contributed by atoms with van der Waals surface area (Å²) < 4.78 is 36.6. The molecule has 1 aromatic carbocycles. The molecule has 2 atom stereocenters. The highest BCUT2D eigenvalue weighted by molar-refractivity contribution is 7.92. The lowest BCUT2D eigenvalue weighted by Gasteiger charge is -2.27. The molecule has 2 unspecified atom stereocenters. The fraction of sp³-hybridized carbons (Fsp3) is 0.600. The normalized spacial score (nSPS) is 27.6. The molecule has 1 aliphatic heterocycles. The van der Waals surface area contributed by atoms with E-state index in [1.807, 2.05) is 13.8 Å². The third-order valence-corrected chi connectivity index (χ3v) is 6.85. The minimum atomic E-state index is -3.45. The number of benzene rings is 1. The molecule has 1 aliphatic carbocycles. The third kappa shape index (κ3) is 2.40. The number of fused-ring (bicyclic) bond motifs is 1. The molecule has 21 heavy (non-hydrogen) atoms. The van der Waals surface area contributed by atoms with Crippen LogP contribution in [0.1, 0.15) is 26.7 Å². The molecule has 1 heterocycles. The monoisotopic (exact) mass is 311 g/mol.